The second kappa shape index (κ2) is 21.3. The number of hydrogen-bond donors (Lipinski definition) is 0. The minimum absolute atomic E-state index is 0.165. The molecule has 10 aliphatic carbocycles. The predicted molar refractivity (Wildman–Crippen MR) is 401 cm³/mol. The van der Waals surface area contributed by atoms with Crippen LogP contribution in [0.25, 0.3) is 77.2 Å². The number of fused-ring (bicyclic) bond motifs is 12. The summed E-state index contributed by atoms with van der Waals surface area (Å²) in [5.74, 6) is 6.89. The molecule has 5 heterocycles. The molecule has 13 aliphatic rings. The van der Waals surface area contributed by atoms with Crippen LogP contribution in [0.4, 0.5) is 0 Å². The maximum absolute atomic E-state index is 6.49. The second-order valence-corrected chi connectivity index (χ2v) is 35.3. The summed E-state index contributed by atoms with van der Waals surface area (Å²) < 4.78 is 41.9. The summed E-state index contributed by atoms with van der Waals surface area (Å²) in [6.45, 7) is 24.7. The van der Waals surface area contributed by atoms with Crippen LogP contribution in [-0.4, -0.2) is 63.9 Å². The maximum atomic E-state index is 6.49. The van der Waals surface area contributed by atoms with Crippen LogP contribution in [0.15, 0.2) is 170 Å². The highest BCUT2D eigenvalue weighted by molar-refractivity contribution is 7.11. The van der Waals surface area contributed by atoms with Crippen molar-refractivity contribution < 1.29 is 27.9 Å². The average Bonchev–Trinajstić information content (AvgIpc) is 1.47. The lowest BCUT2D eigenvalue weighted by Gasteiger charge is -2.61. The molecule has 12 heteroatoms. The molecule has 98 heavy (non-hydrogen) atoms. The number of nitrogens with zero attached hydrogens (tertiary/aromatic N) is 2. The molecule has 498 valence electrons. The Morgan fingerprint density at radius 2 is 0.663 bits per heavy atom. The number of aromatic nitrogens is 2. The van der Waals surface area contributed by atoms with Crippen molar-refractivity contribution >= 4 is 81.8 Å². The van der Waals surface area contributed by atoms with Gasteiger partial charge in [0.2, 0.25) is 0 Å². The van der Waals surface area contributed by atoms with E-state index in [4.69, 9.17) is 39.5 Å². The molecule has 2 aromatic heterocycles. The van der Waals surface area contributed by atoms with Crippen LogP contribution in [0.1, 0.15) is 170 Å². The summed E-state index contributed by atoms with van der Waals surface area (Å²) in [5, 5.41) is 5.81. The Balaban J connectivity index is 0.000000112. The largest absolute Gasteiger partial charge is 0.494 e. The number of halogens is 1. The number of hydrogen-bond acceptors (Lipinski definition) is 6. The van der Waals surface area contributed by atoms with Gasteiger partial charge in [-0.05, 0) is 282 Å². The second-order valence-electron chi connectivity index (χ2n) is 34.8. The van der Waals surface area contributed by atoms with Gasteiger partial charge in [0.25, 0.3) is 0 Å². The van der Waals surface area contributed by atoms with Crippen molar-refractivity contribution in [3.05, 3.63) is 197 Å². The van der Waals surface area contributed by atoms with Crippen molar-refractivity contribution in [2.45, 2.75) is 192 Å². The van der Waals surface area contributed by atoms with E-state index >= 15 is 0 Å². The minimum Gasteiger partial charge on any atom is -0.405 e. The van der Waals surface area contributed by atoms with E-state index in [-0.39, 0.29) is 51.6 Å². The van der Waals surface area contributed by atoms with Crippen LogP contribution in [0.2, 0.25) is 5.02 Å². The van der Waals surface area contributed by atoms with Gasteiger partial charge in [0.05, 0.1) is 67.0 Å². The first-order valence-electron chi connectivity index (χ1n) is 37.1. The first kappa shape index (κ1) is 62.6. The highest BCUT2D eigenvalue weighted by Gasteiger charge is 2.66. The fraction of sp³-hybridized carbons (Fsp3) is 0.442. The lowest BCUT2D eigenvalue weighted by molar-refractivity contribution is -0.0399. The van der Waals surface area contributed by atoms with E-state index in [1.165, 1.54) is 141 Å². The van der Waals surface area contributed by atoms with Crippen molar-refractivity contribution in [2.24, 2.45) is 47.3 Å². The Hall–Kier alpha value is -6.40. The third-order valence-corrected chi connectivity index (χ3v) is 28.5. The Kier molecular flexibility index (Phi) is 13.6. The lowest BCUT2D eigenvalue weighted by Crippen LogP contribution is -2.55. The quantitative estimate of drug-likeness (QED) is 0.164. The topological polar surface area (TPSA) is 65.2 Å². The lowest BCUT2D eigenvalue weighted by atomic mass is 9.43. The van der Waals surface area contributed by atoms with E-state index < -0.39 is 14.0 Å². The van der Waals surface area contributed by atoms with Gasteiger partial charge in [0.1, 0.15) is 0 Å². The Labute approximate surface area is 585 Å². The van der Waals surface area contributed by atoms with Gasteiger partial charge in [-0.25, -0.2) is 0 Å². The van der Waals surface area contributed by atoms with Gasteiger partial charge in [-0.3, -0.25) is 0 Å². The summed E-state index contributed by atoms with van der Waals surface area (Å²) in [6.07, 6.45) is 14.2. The molecule has 3 aliphatic heterocycles. The molecule has 8 bridgehead atoms. The number of rotatable bonds is 4. The summed E-state index contributed by atoms with van der Waals surface area (Å²) in [5.41, 5.74) is 19.2. The van der Waals surface area contributed by atoms with E-state index in [9.17, 15) is 0 Å². The van der Waals surface area contributed by atoms with E-state index in [0.717, 1.165) is 57.8 Å². The molecule has 8 saturated carbocycles. The van der Waals surface area contributed by atoms with Gasteiger partial charge in [0.15, 0.2) is 0 Å². The zero-order chi connectivity index (χ0) is 67.2. The fourth-order valence-electron chi connectivity index (χ4n) is 22.3. The molecule has 3 saturated heterocycles. The summed E-state index contributed by atoms with van der Waals surface area (Å²) >= 11 is 6.49. The standard InChI is InChI=1S/C40H40BNO2.C34H28ClN.C12H24B2O4/c1-38(2)39(3,4)44-41(43-38)28-16-17-35-31(23-28)29-10-6-8-14-34(29)42(35)36-15-9-13-33-37(36)30-11-5-7-12-32(30)40(33)26-19-24-18-25(21-26)22-27(40)20-24;35-24-12-13-31-27(19-24)25-6-2-4-10-30(25)36(31)32-11-5-9-29-33(32)26-7-1-3-8-28(26)34(29)22-15-20-14-21(17-22)18-23(34)16-20;1-9(2)10(3,4)16-13(15-9)14-17-11(5,6)12(7,8)18-14/h5-17,23-27H,18-22H2,1-4H3;1-13,19-23H,14-18H2;1-8H3. The molecule has 10 aromatic rings. The van der Waals surface area contributed by atoms with E-state index in [0.29, 0.717) is 0 Å². The zero-order valence-electron chi connectivity index (χ0n) is 59.3. The molecular weight excluding hydrogens is 1220 g/mol. The average molecular weight is 1320 g/mol. The molecule has 2 spiro atoms. The van der Waals surface area contributed by atoms with Crippen molar-refractivity contribution in [3.63, 3.8) is 0 Å². The summed E-state index contributed by atoms with van der Waals surface area (Å²) in [7, 11) is -1.33. The van der Waals surface area contributed by atoms with Crippen molar-refractivity contribution in [2.75, 3.05) is 0 Å². The van der Waals surface area contributed by atoms with E-state index in [1.54, 1.807) is 22.3 Å². The molecule has 0 N–H and O–H groups in total. The minimum atomic E-state index is -0.476. The van der Waals surface area contributed by atoms with E-state index in [1.807, 2.05) is 61.5 Å². The van der Waals surface area contributed by atoms with Crippen molar-refractivity contribution in [3.8, 4) is 33.6 Å². The molecule has 8 aromatic carbocycles. The molecule has 11 fully saturated rings. The van der Waals surface area contributed by atoms with Crippen molar-refractivity contribution in [1.82, 2.24) is 9.13 Å². The van der Waals surface area contributed by atoms with Gasteiger partial charge < -0.3 is 37.1 Å². The summed E-state index contributed by atoms with van der Waals surface area (Å²) in [6, 6.07) is 64.2. The Bertz CT molecular complexity index is 4820. The van der Waals surface area contributed by atoms with Gasteiger partial charge in [0, 0.05) is 48.5 Å². The predicted octanol–water partition coefficient (Wildman–Crippen LogP) is 20.2. The van der Waals surface area contributed by atoms with E-state index in [2.05, 4.69) is 201 Å². The smallest absolute Gasteiger partial charge is 0.405 e. The van der Waals surface area contributed by atoms with Gasteiger partial charge in [-0.15, -0.1) is 0 Å². The molecular formula is C86H92B3ClN2O6. The Morgan fingerprint density at radius 3 is 1.08 bits per heavy atom. The Morgan fingerprint density at radius 1 is 0.327 bits per heavy atom. The van der Waals surface area contributed by atoms with Crippen LogP contribution in [0.5, 0.6) is 0 Å². The molecule has 0 amide bonds. The van der Waals surface area contributed by atoms with Crippen LogP contribution in [0.3, 0.4) is 0 Å². The van der Waals surface area contributed by atoms with Crippen molar-refractivity contribution in [1.29, 1.82) is 0 Å². The number of para-hydroxylation sites is 2. The first-order chi connectivity index (χ1) is 46.9. The highest BCUT2D eigenvalue weighted by Crippen LogP contribution is 2.72. The number of benzene rings is 8. The van der Waals surface area contributed by atoms with Crippen LogP contribution in [0, 0.1) is 47.3 Å². The van der Waals surface area contributed by atoms with Gasteiger partial charge in [-0.1, -0.05) is 133 Å². The monoisotopic (exact) mass is 1320 g/mol. The molecule has 0 radical (unpaired) electrons. The highest BCUT2D eigenvalue weighted by atomic mass is 35.5. The third kappa shape index (κ3) is 8.68. The van der Waals surface area contributed by atoms with Crippen LogP contribution >= 0.6 is 11.6 Å². The van der Waals surface area contributed by atoms with Gasteiger partial charge >= 0.3 is 21.1 Å². The van der Waals surface area contributed by atoms with Crippen LogP contribution in [-0.2, 0) is 38.8 Å². The third-order valence-electron chi connectivity index (χ3n) is 28.2. The fourth-order valence-corrected chi connectivity index (χ4v) is 22.5. The zero-order valence-corrected chi connectivity index (χ0v) is 60.1. The molecule has 8 nitrogen and oxygen atoms in total. The molecule has 0 atom stereocenters. The SMILES string of the molecule is CC1(C)OB(B2OC(C)(C)C(C)(C)O2)OC1(C)C.CC1(C)OB(c2ccc3c(c2)c2ccccc2n3-c2cccc3c2-c2ccccc2C32C3CC4CC(C3)CC2C4)OC1(C)C.Clc1ccc2c(c1)c1ccccc1n2-c1cccc2c1-c1ccccc1C21C2CC3CC(C2)CC1C3. The van der Waals surface area contributed by atoms with Crippen LogP contribution < -0.4 is 5.46 Å². The van der Waals surface area contributed by atoms with Gasteiger partial charge in [-0.2, -0.15) is 0 Å². The summed E-state index contributed by atoms with van der Waals surface area (Å²) in [4.78, 5) is 0. The maximum Gasteiger partial charge on any atom is 0.494 e. The first-order valence-corrected chi connectivity index (χ1v) is 37.5. The molecule has 23 rings (SSSR count). The normalized spacial score (nSPS) is 30.4. The molecule has 0 unspecified atom stereocenters.